The number of halogens is 3. The highest BCUT2D eigenvalue weighted by Gasteiger charge is 2.39. The Morgan fingerprint density at radius 1 is 1.24 bits per heavy atom. The Hall–Kier alpha value is -2.64. The van der Waals surface area contributed by atoms with Gasteiger partial charge in [-0.25, -0.2) is 0 Å². The molecule has 2 rings (SSSR count). The molecule has 5 nitrogen and oxygen atoms in total. The number of carbonyl (C=O) groups is 1. The minimum absolute atomic E-state index is 0.00227. The molecule has 8 heteroatoms. The number of hydrogen-bond donors (Lipinski definition) is 0. The molecule has 0 aliphatic rings. The van der Waals surface area contributed by atoms with Gasteiger partial charge in [0, 0.05) is 29.6 Å². The third kappa shape index (κ3) is 3.28. The van der Waals surface area contributed by atoms with Gasteiger partial charge in [0.25, 0.3) is 11.5 Å². The van der Waals surface area contributed by atoms with Gasteiger partial charge in [-0.2, -0.15) is 13.2 Å². The third-order valence-corrected chi connectivity index (χ3v) is 2.81. The van der Waals surface area contributed by atoms with Crippen LogP contribution in [0.15, 0.2) is 42.7 Å². The number of hydrogen-bond acceptors (Lipinski definition) is 3. The first-order valence-electron chi connectivity index (χ1n) is 5.78. The molecule has 0 N–H and O–H groups in total. The number of nitrogens with zero attached hydrogens (tertiary/aromatic N) is 2. The minimum atomic E-state index is -4.94. The summed E-state index contributed by atoms with van der Waals surface area (Å²) >= 11 is 0. The lowest BCUT2D eigenvalue weighted by Crippen LogP contribution is -2.22. The van der Waals surface area contributed by atoms with Crippen molar-refractivity contribution in [2.24, 2.45) is 0 Å². The van der Waals surface area contributed by atoms with E-state index in [1.54, 1.807) is 6.07 Å². The second-order valence-electron chi connectivity index (χ2n) is 4.29. The topological polar surface area (TPSA) is 65.1 Å². The van der Waals surface area contributed by atoms with Crippen molar-refractivity contribution in [1.82, 2.24) is 4.57 Å². The summed E-state index contributed by atoms with van der Waals surface area (Å²) in [5, 5.41) is 10.9. The lowest BCUT2D eigenvalue weighted by atomic mass is 10.2. The quantitative estimate of drug-likeness (QED) is 0.494. The molecule has 0 aliphatic heterocycles. The summed E-state index contributed by atoms with van der Waals surface area (Å²) in [5.41, 5.74) is -0.292. The van der Waals surface area contributed by atoms with Gasteiger partial charge >= 0.3 is 6.18 Å². The Morgan fingerprint density at radius 3 is 2.52 bits per heavy atom. The highest BCUT2D eigenvalue weighted by atomic mass is 19.4. The molecular weight excluding hydrogens is 289 g/mol. The van der Waals surface area contributed by atoms with Gasteiger partial charge in [-0.15, -0.1) is 0 Å². The van der Waals surface area contributed by atoms with Crippen molar-refractivity contribution in [2.45, 2.75) is 12.7 Å². The normalized spacial score (nSPS) is 11.4. The lowest BCUT2D eigenvalue weighted by Gasteiger charge is -2.05. The van der Waals surface area contributed by atoms with Crippen LogP contribution in [-0.4, -0.2) is 21.4 Å². The number of aromatic nitrogens is 1. The molecule has 0 amide bonds. The average Bonchev–Trinajstić information content (AvgIpc) is 2.85. The Balaban J connectivity index is 2.25. The first kappa shape index (κ1) is 14.8. The number of para-hydroxylation sites is 1. The second-order valence-corrected chi connectivity index (χ2v) is 4.29. The predicted molar refractivity (Wildman–Crippen MR) is 67.0 cm³/mol. The smallest absolute Gasteiger partial charge is 0.349 e. The van der Waals surface area contributed by atoms with E-state index in [4.69, 9.17) is 0 Å². The number of rotatable bonds is 4. The number of Topliss-reactive ketones (excluding diaryl/α,β-unsaturated/α-hetero) is 1. The SMILES string of the molecule is O=C(c1ccn(Cc2ccccc2[N+](=O)[O-])c1)C(F)(F)F. The molecule has 1 aromatic carbocycles. The average molecular weight is 298 g/mol. The Morgan fingerprint density at radius 2 is 1.90 bits per heavy atom. The molecule has 0 spiro atoms. The van der Waals surface area contributed by atoms with Crippen LogP contribution < -0.4 is 0 Å². The fraction of sp³-hybridized carbons (Fsp3) is 0.154. The van der Waals surface area contributed by atoms with Gasteiger partial charge in [0.1, 0.15) is 0 Å². The molecule has 0 aliphatic carbocycles. The summed E-state index contributed by atoms with van der Waals surface area (Å²) in [4.78, 5) is 21.3. The fourth-order valence-corrected chi connectivity index (χ4v) is 1.86. The first-order valence-corrected chi connectivity index (χ1v) is 5.78. The van der Waals surface area contributed by atoms with Crippen LogP contribution >= 0.6 is 0 Å². The summed E-state index contributed by atoms with van der Waals surface area (Å²) < 4.78 is 38.2. The molecule has 0 radical (unpaired) electrons. The number of carbonyl (C=O) groups excluding carboxylic acids is 1. The van der Waals surface area contributed by atoms with Crippen molar-refractivity contribution >= 4 is 11.5 Å². The largest absolute Gasteiger partial charge is 0.454 e. The summed E-state index contributed by atoms with van der Waals surface area (Å²) in [5.74, 6) is -1.94. The van der Waals surface area contributed by atoms with Crippen molar-refractivity contribution in [1.29, 1.82) is 0 Å². The van der Waals surface area contributed by atoms with Gasteiger partial charge in [-0.3, -0.25) is 14.9 Å². The second kappa shape index (κ2) is 5.39. The van der Waals surface area contributed by atoms with E-state index in [1.165, 1.54) is 29.0 Å². The van der Waals surface area contributed by atoms with Gasteiger partial charge < -0.3 is 4.57 Å². The highest BCUT2D eigenvalue weighted by molar-refractivity contribution is 6.00. The molecule has 0 fully saturated rings. The van der Waals surface area contributed by atoms with Crippen LogP contribution in [0.1, 0.15) is 15.9 Å². The van der Waals surface area contributed by atoms with Gasteiger partial charge in [-0.1, -0.05) is 18.2 Å². The van der Waals surface area contributed by atoms with Crippen molar-refractivity contribution in [3.05, 3.63) is 64.0 Å². The molecular formula is C13H9F3N2O3. The van der Waals surface area contributed by atoms with Crippen molar-refractivity contribution < 1.29 is 22.9 Å². The number of nitro benzene ring substituents is 1. The van der Waals surface area contributed by atoms with Crippen LogP contribution in [0.5, 0.6) is 0 Å². The van der Waals surface area contributed by atoms with Gasteiger partial charge in [0.15, 0.2) is 0 Å². The monoisotopic (exact) mass is 298 g/mol. The molecule has 1 heterocycles. The molecule has 0 bridgehead atoms. The highest BCUT2D eigenvalue weighted by Crippen LogP contribution is 2.23. The summed E-state index contributed by atoms with van der Waals surface area (Å²) in [7, 11) is 0. The minimum Gasteiger partial charge on any atom is -0.349 e. The van der Waals surface area contributed by atoms with Crippen LogP contribution in [-0.2, 0) is 6.54 Å². The summed E-state index contributed by atoms with van der Waals surface area (Å²) in [6, 6.07) is 6.93. The van der Waals surface area contributed by atoms with E-state index in [-0.39, 0.29) is 12.2 Å². The zero-order valence-corrected chi connectivity index (χ0v) is 10.5. The Bertz CT molecular complexity index is 692. The van der Waals surface area contributed by atoms with E-state index in [0.717, 1.165) is 12.3 Å². The summed E-state index contributed by atoms with van der Waals surface area (Å²) in [6.07, 6.45) is -2.65. The first-order chi connectivity index (χ1) is 9.79. The van der Waals surface area contributed by atoms with Crippen LogP contribution in [0.25, 0.3) is 0 Å². The zero-order chi connectivity index (χ0) is 15.6. The number of nitro groups is 1. The van der Waals surface area contributed by atoms with Gasteiger partial charge in [0.2, 0.25) is 0 Å². The molecule has 2 aromatic rings. The van der Waals surface area contributed by atoms with Crippen LogP contribution in [0.4, 0.5) is 18.9 Å². The van der Waals surface area contributed by atoms with E-state index in [2.05, 4.69) is 0 Å². The Kier molecular flexibility index (Phi) is 3.79. The van der Waals surface area contributed by atoms with E-state index >= 15 is 0 Å². The standard InChI is InChI=1S/C13H9F3N2O3/c14-13(15,16)12(19)10-5-6-17(8-10)7-9-3-1-2-4-11(9)18(20)21/h1-6,8H,7H2. The maximum atomic E-state index is 12.3. The Labute approximate surface area is 116 Å². The fourth-order valence-electron chi connectivity index (χ4n) is 1.86. The third-order valence-electron chi connectivity index (χ3n) is 2.81. The molecule has 1 aromatic heterocycles. The number of ketones is 1. The molecule has 110 valence electrons. The molecule has 21 heavy (non-hydrogen) atoms. The molecule has 0 atom stereocenters. The lowest BCUT2D eigenvalue weighted by molar-refractivity contribution is -0.385. The van der Waals surface area contributed by atoms with E-state index < -0.39 is 22.4 Å². The van der Waals surface area contributed by atoms with Crippen molar-refractivity contribution in [3.63, 3.8) is 0 Å². The number of alkyl halides is 3. The van der Waals surface area contributed by atoms with Gasteiger partial charge in [0.05, 0.1) is 11.5 Å². The predicted octanol–water partition coefficient (Wildman–Crippen LogP) is 3.19. The van der Waals surface area contributed by atoms with E-state index in [1.807, 2.05) is 0 Å². The number of benzene rings is 1. The molecule has 0 unspecified atom stereocenters. The van der Waals surface area contributed by atoms with Crippen LogP contribution in [0.3, 0.4) is 0 Å². The van der Waals surface area contributed by atoms with Crippen LogP contribution in [0, 0.1) is 10.1 Å². The zero-order valence-electron chi connectivity index (χ0n) is 10.5. The molecule has 0 saturated heterocycles. The maximum absolute atomic E-state index is 12.3. The van der Waals surface area contributed by atoms with Crippen molar-refractivity contribution in [2.75, 3.05) is 0 Å². The van der Waals surface area contributed by atoms with Crippen molar-refractivity contribution in [3.8, 4) is 0 Å². The summed E-state index contributed by atoms with van der Waals surface area (Å²) in [6.45, 7) is 0.00227. The van der Waals surface area contributed by atoms with E-state index in [9.17, 15) is 28.1 Å². The maximum Gasteiger partial charge on any atom is 0.454 e. The van der Waals surface area contributed by atoms with E-state index in [0.29, 0.717) is 5.56 Å². The van der Waals surface area contributed by atoms with Gasteiger partial charge in [-0.05, 0) is 6.07 Å². The van der Waals surface area contributed by atoms with Crippen LogP contribution in [0.2, 0.25) is 0 Å². The molecule has 0 saturated carbocycles.